The summed E-state index contributed by atoms with van der Waals surface area (Å²) >= 11 is 0. The monoisotopic (exact) mass is 354 g/mol. The van der Waals surface area contributed by atoms with E-state index in [1.165, 1.54) is 31.4 Å². The Morgan fingerprint density at radius 2 is 1.76 bits per heavy atom. The van der Waals surface area contributed by atoms with E-state index in [1.54, 1.807) is 13.8 Å². The van der Waals surface area contributed by atoms with E-state index in [0.29, 0.717) is 11.5 Å². The number of halogens is 2. The van der Waals surface area contributed by atoms with Gasteiger partial charge in [-0.15, -0.1) is 0 Å². The highest BCUT2D eigenvalue weighted by molar-refractivity contribution is 5.99. The molecule has 0 aliphatic carbocycles. The average Bonchev–Trinajstić information content (AvgIpc) is 2.90. The Hall–Kier alpha value is -3.10. The summed E-state index contributed by atoms with van der Waals surface area (Å²) in [5.41, 5.74) is 4.84. The van der Waals surface area contributed by atoms with Crippen molar-refractivity contribution in [3.63, 3.8) is 0 Å². The van der Waals surface area contributed by atoms with Gasteiger partial charge >= 0.3 is 6.61 Å². The fraction of sp³-hybridized carbons (Fsp3) is 0.250. The molecule has 0 unspecified atom stereocenters. The predicted octanol–water partition coefficient (Wildman–Crippen LogP) is 2.58. The van der Waals surface area contributed by atoms with Crippen LogP contribution in [0.5, 0.6) is 11.5 Å². The molecule has 2 N–H and O–H groups in total. The van der Waals surface area contributed by atoms with Crippen LogP contribution in [0.15, 0.2) is 28.7 Å². The summed E-state index contributed by atoms with van der Waals surface area (Å²) in [5.74, 6) is -0.476. The lowest BCUT2D eigenvalue weighted by Gasteiger charge is -2.12. The number of hydrazine groups is 1. The quantitative estimate of drug-likeness (QED) is 0.806. The van der Waals surface area contributed by atoms with Gasteiger partial charge in [0.2, 0.25) is 0 Å². The highest BCUT2D eigenvalue weighted by Gasteiger charge is 2.17. The van der Waals surface area contributed by atoms with Crippen LogP contribution in [-0.4, -0.2) is 25.5 Å². The first-order valence-corrected chi connectivity index (χ1v) is 7.12. The summed E-state index contributed by atoms with van der Waals surface area (Å²) in [7, 11) is 1.25. The van der Waals surface area contributed by atoms with Crippen LogP contribution < -0.4 is 20.3 Å². The minimum absolute atomic E-state index is 0.0411. The van der Waals surface area contributed by atoms with E-state index >= 15 is 0 Å². The van der Waals surface area contributed by atoms with Crippen molar-refractivity contribution in [2.75, 3.05) is 7.11 Å². The fourth-order valence-corrected chi connectivity index (χ4v) is 2.11. The molecule has 0 saturated carbocycles. The maximum absolute atomic E-state index is 12.3. The lowest BCUT2D eigenvalue weighted by Crippen LogP contribution is -2.41. The molecule has 1 heterocycles. The van der Waals surface area contributed by atoms with Gasteiger partial charge in [-0.3, -0.25) is 20.4 Å². The molecule has 2 aromatic rings. The Bertz CT molecular complexity index is 789. The summed E-state index contributed by atoms with van der Waals surface area (Å²) < 4.78 is 39.0. The molecule has 1 aromatic carbocycles. The largest absolute Gasteiger partial charge is 0.493 e. The van der Waals surface area contributed by atoms with Gasteiger partial charge in [0, 0.05) is 5.56 Å². The Morgan fingerprint density at radius 3 is 2.32 bits per heavy atom. The number of methoxy groups -OCH3 is 1. The molecule has 0 saturated heterocycles. The third-order valence-electron chi connectivity index (χ3n) is 3.22. The Balaban J connectivity index is 2.05. The van der Waals surface area contributed by atoms with Gasteiger partial charge in [-0.1, -0.05) is 0 Å². The van der Waals surface area contributed by atoms with Crippen molar-refractivity contribution in [3.05, 3.63) is 46.9 Å². The van der Waals surface area contributed by atoms with Crippen LogP contribution in [0.1, 0.15) is 32.2 Å². The van der Waals surface area contributed by atoms with Gasteiger partial charge in [0.1, 0.15) is 11.5 Å². The molecule has 0 bridgehead atoms. The number of benzene rings is 1. The van der Waals surface area contributed by atoms with Crippen molar-refractivity contribution in [2.45, 2.75) is 20.5 Å². The number of aryl methyl sites for hydroxylation is 2. The van der Waals surface area contributed by atoms with Crippen molar-refractivity contribution in [1.29, 1.82) is 0 Å². The standard InChI is InChI=1S/C16H16F2N2O5/c1-8-6-11(9(2)24-8)15(22)20-19-14(21)10-4-5-12(25-16(17)18)13(7-10)23-3/h4-7,16H,1-3H3,(H,19,21)(H,20,22). The normalized spacial score (nSPS) is 10.5. The lowest BCUT2D eigenvalue weighted by molar-refractivity contribution is -0.0512. The molecule has 0 aliphatic heterocycles. The molecule has 1 aromatic heterocycles. The summed E-state index contributed by atoms with van der Waals surface area (Å²) in [6.07, 6.45) is 0. The van der Waals surface area contributed by atoms with E-state index in [-0.39, 0.29) is 22.6 Å². The van der Waals surface area contributed by atoms with Crippen LogP contribution in [-0.2, 0) is 0 Å². The smallest absolute Gasteiger partial charge is 0.387 e. The predicted molar refractivity (Wildman–Crippen MR) is 82.7 cm³/mol. The zero-order valence-corrected chi connectivity index (χ0v) is 13.7. The van der Waals surface area contributed by atoms with Crippen LogP contribution in [0.4, 0.5) is 8.78 Å². The molecule has 0 fully saturated rings. The lowest BCUT2D eigenvalue weighted by atomic mass is 10.2. The molecule has 2 amide bonds. The molecule has 0 radical (unpaired) electrons. The molecular weight excluding hydrogens is 338 g/mol. The average molecular weight is 354 g/mol. The van der Waals surface area contributed by atoms with E-state index in [4.69, 9.17) is 9.15 Å². The number of ether oxygens (including phenoxy) is 2. The Kier molecular flexibility index (Phi) is 5.58. The van der Waals surface area contributed by atoms with Gasteiger partial charge in [-0.25, -0.2) is 0 Å². The van der Waals surface area contributed by atoms with E-state index < -0.39 is 18.4 Å². The number of furan rings is 1. The van der Waals surface area contributed by atoms with Crippen molar-refractivity contribution < 1.29 is 32.3 Å². The summed E-state index contributed by atoms with van der Waals surface area (Å²) in [4.78, 5) is 24.1. The number of carbonyl (C=O) groups excluding carboxylic acids is 2. The van der Waals surface area contributed by atoms with Gasteiger partial charge < -0.3 is 13.9 Å². The second-order valence-electron chi connectivity index (χ2n) is 4.98. The van der Waals surface area contributed by atoms with Crippen molar-refractivity contribution in [2.24, 2.45) is 0 Å². The number of carbonyl (C=O) groups is 2. The summed E-state index contributed by atoms with van der Waals surface area (Å²) in [6, 6.07) is 5.18. The molecule has 0 aliphatic rings. The summed E-state index contributed by atoms with van der Waals surface area (Å²) in [6.45, 7) is 0.295. The first kappa shape index (κ1) is 18.2. The van der Waals surface area contributed by atoms with Crippen LogP contribution in [0.3, 0.4) is 0 Å². The number of nitrogens with one attached hydrogen (secondary N) is 2. The van der Waals surface area contributed by atoms with Crippen LogP contribution in [0.2, 0.25) is 0 Å². The second-order valence-corrected chi connectivity index (χ2v) is 4.98. The molecule has 0 spiro atoms. The number of amides is 2. The third kappa shape index (κ3) is 4.46. The van der Waals surface area contributed by atoms with Crippen molar-refractivity contribution in [3.8, 4) is 11.5 Å². The third-order valence-corrected chi connectivity index (χ3v) is 3.22. The van der Waals surface area contributed by atoms with Gasteiger partial charge in [0.05, 0.1) is 12.7 Å². The van der Waals surface area contributed by atoms with Crippen molar-refractivity contribution >= 4 is 11.8 Å². The van der Waals surface area contributed by atoms with E-state index in [2.05, 4.69) is 15.6 Å². The number of hydrogen-bond donors (Lipinski definition) is 2. The van der Waals surface area contributed by atoms with Gasteiger partial charge in [-0.2, -0.15) is 8.78 Å². The summed E-state index contributed by atoms with van der Waals surface area (Å²) in [5, 5.41) is 0. The minimum atomic E-state index is -3.02. The Labute approximate surface area is 141 Å². The fourth-order valence-electron chi connectivity index (χ4n) is 2.11. The maximum Gasteiger partial charge on any atom is 0.387 e. The molecule has 2 rings (SSSR count). The van der Waals surface area contributed by atoms with E-state index in [9.17, 15) is 18.4 Å². The molecular formula is C16H16F2N2O5. The second kappa shape index (κ2) is 7.65. The van der Waals surface area contributed by atoms with Gasteiger partial charge in [0.15, 0.2) is 11.5 Å². The number of alkyl halides is 2. The topological polar surface area (TPSA) is 89.8 Å². The van der Waals surface area contributed by atoms with Crippen molar-refractivity contribution in [1.82, 2.24) is 10.9 Å². The minimum Gasteiger partial charge on any atom is -0.493 e. The molecule has 0 atom stereocenters. The first-order chi connectivity index (χ1) is 11.8. The zero-order valence-electron chi connectivity index (χ0n) is 13.7. The molecule has 25 heavy (non-hydrogen) atoms. The number of rotatable bonds is 5. The van der Waals surface area contributed by atoms with Gasteiger partial charge in [-0.05, 0) is 38.1 Å². The molecule has 7 nitrogen and oxygen atoms in total. The zero-order chi connectivity index (χ0) is 18.6. The highest BCUT2D eigenvalue weighted by Crippen LogP contribution is 2.29. The molecule has 134 valence electrons. The number of hydrogen-bond acceptors (Lipinski definition) is 5. The van der Waals surface area contributed by atoms with E-state index in [0.717, 1.165) is 0 Å². The van der Waals surface area contributed by atoms with Crippen LogP contribution in [0.25, 0.3) is 0 Å². The van der Waals surface area contributed by atoms with Crippen LogP contribution in [0, 0.1) is 13.8 Å². The van der Waals surface area contributed by atoms with E-state index in [1.807, 2.05) is 0 Å². The van der Waals surface area contributed by atoms with Crippen LogP contribution >= 0.6 is 0 Å². The Morgan fingerprint density at radius 1 is 1.08 bits per heavy atom. The SMILES string of the molecule is COc1cc(C(=O)NNC(=O)c2cc(C)oc2C)ccc1OC(F)F. The first-order valence-electron chi connectivity index (χ1n) is 7.12. The highest BCUT2D eigenvalue weighted by atomic mass is 19.3. The maximum atomic E-state index is 12.3. The molecule has 9 heteroatoms. The van der Waals surface area contributed by atoms with Gasteiger partial charge in [0.25, 0.3) is 11.8 Å².